The van der Waals surface area contributed by atoms with E-state index < -0.39 is 0 Å². The monoisotopic (exact) mass is 480 g/mol. The molecule has 3 heterocycles. The highest BCUT2D eigenvalue weighted by atomic mass is 31.0. The summed E-state index contributed by atoms with van der Waals surface area (Å²) in [6, 6.07) is 10.3. The van der Waals surface area contributed by atoms with Crippen molar-refractivity contribution in [1.82, 2.24) is 24.6 Å². The number of morpholine rings is 1. The molecule has 0 aliphatic carbocycles. The SMILES string of the molecule is CCCCOc1cncc(-c2nnc(/C(C)=N\c3ccc(C(P)N4CCOCC4)cc3)n2C)c1. The third-order valence-corrected chi connectivity index (χ3v) is 6.71. The predicted molar refractivity (Wildman–Crippen MR) is 138 cm³/mol. The number of benzene rings is 1. The van der Waals surface area contributed by atoms with Crippen LogP contribution < -0.4 is 4.74 Å². The summed E-state index contributed by atoms with van der Waals surface area (Å²) in [6.45, 7) is 8.26. The molecule has 2 unspecified atom stereocenters. The Bertz CT molecular complexity index is 1110. The Morgan fingerprint density at radius 3 is 2.68 bits per heavy atom. The van der Waals surface area contributed by atoms with Crippen molar-refractivity contribution in [3.63, 3.8) is 0 Å². The standard InChI is InChI=1S/C25H33N6O2P/c1-4-5-12-33-22-15-20(16-26-17-22)24-29-28-23(30(24)3)18(2)27-21-8-6-19(7-9-21)25(34)31-10-13-32-14-11-31/h6-9,15-17,25H,4-5,10-14,34H2,1-3H3/b27-18-. The van der Waals surface area contributed by atoms with Crippen LogP contribution in [0.3, 0.4) is 0 Å². The zero-order valence-electron chi connectivity index (χ0n) is 20.1. The fourth-order valence-corrected chi connectivity index (χ4v) is 4.43. The molecule has 2 aromatic heterocycles. The van der Waals surface area contributed by atoms with Crippen LogP contribution >= 0.6 is 9.24 Å². The normalized spacial score (nSPS) is 15.9. The number of rotatable bonds is 9. The first-order chi connectivity index (χ1) is 16.6. The molecule has 3 aromatic rings. The zero-order chi connectivity index (χ0) is 23.9. The van der Waals surface area contributed by atoms with Crippen molar-refractivity contribution in [3.8, 4) is 17.1 Å². The number of nitrogens with zero attached hydrogens (tertiary/aromatic N) is 6. The highest BCUT2D eigenvalue weighted by Crippen LogP contribution is 2.29. The summed E-state index contributed by atoms with van der Waals surface area (Å²) < 4.78 is 13.2. The minimum Gasteiger partial charge on any atom is -0.492 e. The van der Waals surface area contributed by atoms with Crippen LogP contribution in [-0.4, -0.2) is 63.3 Å². The topological polar surface area (TPSA) is 77.7 Å². The molecule has 1 saturated heterocycles. The fraction of sp³-hybridized carbons (Fsp3) is 0.440. The van der Waals surface area contributed by atoms with E-state index >= 15 is 0 Å². The number of ether oxygens (including phenoxy) is 2. The van der Waals surface area contributed by atoms with Gasteiger partial charge < -0.3 is 14.0 Å². The molecule has 180 valence electrons. The van der Waals surface area contributed by atoms with Crippen molar-refractivity contribution in [3.05, 3.63) is 54.1 Å². The number of unbranched alkanes of at least 4 members (excludes halogenated alkanes) is 1. The molecular weight excluding hydrogens is 447 g/mol. The molecule has 8 nitrogen and oxygen atoms in total. The molecule has 1 aromatic carbocycles. The summed E-state index contributed by atoms with van der Waals surface area (Å²) in [7, 11) is 4.89. The van der Waals surface area contributed by atoms with Crippen LogP contribution in [-0.2, 0) is 11.8 Å². The molecule has 0 amide bonds. The third kappa shape index (κ3) is 5.87. The van der Waals surface area contributed by atoms with E-state index in [-0.39, 0.29) is 5.78 Å². The van der Waals surface area contributed by atoms with Gasteiger partial charge in [-0.05, 0) is 37.1 Å². The van der Waals surface area contributed by atoms with Crippen molar-refractivity contribution < 1.29 is 9.47 Å². The number of pyridine rings is 1. The first-order valence-electron chi connectivity index (χ1n) is 11.8. The van der Waals surface area contributed by atoms with Crippen molar-refractivity contribution in [2.24, 2.45) is 12.0 Å². The fourth-order valence-electron chi connectivity index (χ4n) is 3.91. The van der Waals surface area contributed by atoms with Gasteiger partial charge >= 0.3 is 0 Å². The third-order valence-electron chi connectivity index (χ3n) is 5.91. The minimum atomic E-state index is 0.277. The molecule has 0 bridgehead atoms. The Morgan fingerprint density at radius 1 is 1.18 bits per heavy atom. The van der Waals surface area contributed by atoms with Gasteiger partial charge in [0.15, 0.2) is 11.6 Å². The molecule has 4 rings (SSSR count). The molecule has 0 radical (unpaired) electrons. The Morgan fingerprint density at radius 2 is 1.94 bits per heavy atom. The molecule has 1 aliphatic heterocycles. The average molecular weight is 481 g/mol. The lowest BCUT2D eigenvalue weighted by atomic mass is 10.2. The Balaban J connectivity index is 1.48. The van der Waals surface area contributed by atoms with Crippen molar-refractivity contribution in [2.75, 3.05) is 32.9 Å². The van der Waals surface area contributed by atoms with E-state index in [4.69, 9.17) is 14.5 Å². The van der Waals surface area contributed by atoms with Crippen LogP contribution in [0.5, 0.6) is 5.75 Å². The predicted octanol–water partition coefficient (Wildman–Crippen LogP) is 4.40. The second-order valence-corrected chi connectivity index (χ2v) is 9.03. The number of aliphatic imine (C=N–C) groups is 1. The van der Waals surface area contributed by atoms with Crippen molar-refractivity contribution in [2.45, 2.75) is 32.5 Å². The van der Waals surface area contributed by atoms with Gasteiger partial charge in [-0.15, -0.1) is 19.4 Å². The highest BCUT2D eigenvalue weighted by molar-refractivity contribution is 7.17. The second-order valence-electron chi connectivity index (χ2n) is 8.40. The van der Waals surface area contributed by atoms with Gasteiger partial charge in [-0.2, -0.15) is 0 Å². The summed E-state index contributed by atoms with van der Waals surface area (Å²) in [4.78, 5) is 11.5. The quantitative estimate of drug-likeness (QED) is 0.257. The van der Waals surface area contributed by atoms with E-state index in [1.54, 1.807) is 12.4 Å². The summed E-state index contributed by atoms with van der Waals surface area (Å²) in [5.41, 5.74) is 3.80. The van der Waals surface area contributed by atoms with Crippen molar-refractivity contribution in [1.29, 1.82) is 0 Å². The highest BCUT2D eigenvalue weighted by Gasteiger charge is 2.19. The van der Waals surface area contributed by atoms with Gasteiger partial charge in [0.2, 0.25) is 0 Å². The lowest BCUT2D eigenvalue weighted by Crippen LogP contribution is -2.36. The van der Waals surface area contributed by atoms with Gasteiger partial charge in [-0.25, -0.2) is 4.99 Å². The first kappa shape index (κ1) is 24.5. The van der Waals surface area contributed by atoms with E-state index in [0.717, 1.165) is 67.7 Å². The molecule has 0 N–H and O–H groups in total. The molecule has 1 fully saturated rings. The van der Waals surface area contributed by atoms with E-state index in [9.17, 15) is 0 Å². The van der Waals surface area contributed by atoms with Gasteiger partial charge in [0, 0.05) is 37.7 Å². The van der Waals surface area contributed by atoms with E-state index in [2.05, 4.69) is 60.5 Å². The molecular formula is C25H33N6O2P. The second kappa shape index (κ2) is 11.6. The summed E-state index contributed by atoms with van der Waals surface area (Å²) >= 11 is 0. The maximum atomic E-state index is 5.79. The summed E-state index contributed by atoms with van der Waals surface area (Å²) in [5.74, 6) is 2.46. The Kier molecular flexibility index (Phi) is 8.38. The van der Waals surface area contributed by atoms with E-state index in [1.165, 1.54) is 5.56 Å². The van der Waals surface area contributed by atoms with Crippen LogP contribution in [0.2, 0.25) is 0 Å². The molecule has 0 saturated carbocycles. The van der Waals surface area contributed by atoms with Gasteiger partial charge in [0.1, 0.15) is 5.75 Å². The van der Waals surface area contributed by atoms with Crippen molar-refractivity contribution >= 4 is 20.6 Å². The molecule has 0 spiro atoms. The van der Waals surface area contributed by atoms with E-state index in [0.29, 0.717) is 12.4 Å². The van der Waals surface area contributed by atoms with Crippen LogP contribution in [0.4, 0.5) is 5.69 Å². The average Bonchev–Trinajstić information content (AvgIpc) is 3.26. The zero-order valence-corrected chi connectivity index (χ0v) is 21.3. The van der Waals surface area contributed by atoms with E-state index in [1.807, 2.05) is 24.6 Å². The Labute approximate surface area is 203 Å². The maximum Gasteiger partial charge on any atom is 0.178 e. The molecule has 34 heavy (non-hydrogen) atoms. The minimum absolute atomic E-state index is 0.277. The van der Waals surface area contributed by atoms with Crippen LogP contribution in [0, 0.1) is 0 Å². The van der Waals surface area contributed by atoms with Gasteiger partial charge in [-0.1, -0.05) is 25.5 Å². The number of aromatic nitrogens is 4. The van der Waals surface area contributed by atoms with Gasteiger partial charge in [0.05, 0.1) is 37.4 Å². The van der Waals surface area contributed by atoms with Crippen LogP contribution in [0.25, 0.3) is 11.4 Å². The lowest BCUT2D eigenvalue weighted by Gasteiger charge is -2.32. The van der Waals surface area contributed by atoms with Gasteiger partial charge in [0.25, 0.3) is 0 Å². The summed E-state index contributed by atoms with van der Waals surface area (Å²) in [5, 5.41) is 8.79. The Hall–Kier alpha value is -2.67. The summed E-state index contributed by atoms with van der Waals surface area (Å²) in [6.07, 6.45) is 5.61. The molecule has 1 aliphatic rings. The van der Waals surface area contributed by atoms with Crippen LogP contribution in [0.1, 0.15) is 43.9 Å². The van der Waals surface area contributed by atoms with Crippen LogP contribution in [0.15, 0.2) is 47.7 Å². The molecule has 9 heteroatoms. The maximum absolute atomic E-state index is 5.79. The first-order valence-corrected chi connectivity index (χ1v) is 12.4. The lowest BCUT2D eigenvalue weighted by molar-refractivity contribution is 0.0322. The molecule has 2 atom stereocenters. The number of hydrogen-bond donors (Lipinski definition) is 0. The van der Waals surface area contributed by atoms with Gasteiger partial charge in [-0.3, -0.25) is 9.88 Å². The largest absolute Gasteiger partial charge is 0.492 e. The number of hydrogen-bond acceptors (Lipinski definition) is 7. The smallest absolute Gasteiger partial charge is 0.178 e.